The zero-order chi connectivity index (χ0) is 20.6. The number of nitrogens with one attached hydrogen (secondary N) is 2. The molecule has 0 saturated carbocycles. The van der Waals surface area contributed by atoms with Gasteiger partial charge in [-0.05, 0) is 19.4 Å². The molecule has 1 atom stereocenters. The Morgan fingerprint density at radius 1 is 1.14 bits per heavy atom. The molecule has 1 aromatic rings. The van der Waals surface area contributed by atoms with E-state index in [0.717, 1.165) is 5.56 Å². The highest BCUT2D eigenvalue weighted by Gasteiger charge is 2.41. The molecular weight excluding hydrogens is 371 g/mol. The minimum absolute atomic E-state index is 0.0334. The molecule has 2 rings (SSSR count). The van der Waals surface area contributed by atoms with Gasteiger partial charge in [-0.1, -0.05) is 30.3 Å². The van der Waals surface area contributed by atoms with Crippen molar-refractivity contribution in [2.45, 2.75) is 32.6 Å². The standard InChI is InChI=1S/C19H28F3N5O/c1-3-23-18(25-14-17(28)24-13-16-7-5-4-6-8-16)27-11-9-26(10-12-27)15(2)19(20,21)22/h4-8,15H,3,9-14H2,1-2H3,(H,23,25)(H,24,28). The molecule has 1 saturated heterocycles. The Balaban J connectivity index is 1.86. The van der Waals surface area contributed by atoms with Crippen LogP contribution in [0.5, 0.6) is 0 Å². The smallest absolute Gasteiger partial charge is 0.357 e. The predicted octanol–water partition coefficient (Wildman–Crippen LogP) is 1.84. The zero-order valence-electron chi connectivity index (χ0n) is 16.3. The SMILES string of the molecule is CCNC(=NCC(=O)NCc1ccccc1)N1CCN(C(C)C(F)(F)F)CC1. The van der Waals surface area contributed by atoms with Crippen molar-refractivity contribution in [3.8, 4) is 0 Å². The maximum atomic E-state index is 12.9. The van der Waals surface area contributed by atoms with Gasteiger partial charge in [-0.3, -0.25) is 9.69 Å². The fraction of sp³-hybridized carbons (Fsp3) is 0.579. The molecule has 1 heterocycles. The monoisotopic (exact) mass is 399 g/mol. The molecule has 1 aliphatic rings. The average Bonchev–Trinajstić information content (AvgIpc) is 2.69. The molecule has 6 nitrogen and oxygen atoms in total. The number of nitrogens with zero attached hydrogens (tertiary/aromatic N) is 3. The second kappa shape index (κ2) is 10.3. The number of carbonyl (C=O) groups is 1. The van der Waals surface area contributed by atoms with E-state index in [1.54, 1.807) is 0 Å². The van der Waals surface area contributed by atoms with Gasteiger partial charge >= 0.3 is 6.18 Å². The molecule has 0 radical (unpaired) electrons. The second-order valence-corrected chi connectivity index (χ2v) is 6.67. The van der Waals surface area contributed by atoms with Gasteiger partial charge in [0.15, 0.2) is 5.96 Å². The van der Waals surface area contributed by atoms with Crippen molar-refractivity contribution in [2.75, 3.05) is 39.3 Å². The molecule has 1 aromatic carbocycles. The lowest BCUT2D eigenvalue weighted by Gasteiger charge is -2.39. The molecule has 0 bridgehead atoms. The summed E-state index contributed by atoms with van der Waals surface area (Å²) in [6.45, 7) is 5.56. The van der Waals surface area contributed by atoms with Crippen LogP contribution in [-0.2, 0) is 11.3 Å². The Labute approximate surface area is 163 Å². The molecule has 156 valence electrons. The van der Waals surface area contributed by atoms with E-state index in [1.807, 2.05) is 42.2 Å². The molecular formula is C19H28F3N5O. The molecule has 2 N–H and O–H groups in total. The van der Waals surface area contributed by atoms with Crippen molar-refractivity contribution in [3.05, 3.63) is 35.9 Å². The first-order valence-corrected chi connectivity index (χ1v) is 9.46. The van der Waals surface area contributed by atoms with Crippen LogP contribution in [0.3, 0.4) is 0 Å². The number of rotatable bonds is 6. The van der Waals surface area contributed by atoms with E-state index in [-0.39, 0.29) is 12.5 Å². The number of piperazine rings is 1. The summed E-state index contributed by atoms with van der Waals surface area (Å²) in [5.74, 6) is 0.347. The van der Waals surface area contributed by atoms with Gasteiger partial charge in [-0.2, -0.15) is 13.2 Å². The molecule has 1 amide bonds. The van der Waals surface area contributed by atoms with Crippen LogP contribution in [-0.4, -0.2) is 73.2 Å². The third kappa shape index (κ3) is 6.70. The number of guanidine groups is 1. The second-order valence-electron chi connectivity index (χ2n) is 6.67. The number of alkyl halides is 3. The highest BCUT2D eigenvalue weighted by atomic mass is 19.4. The van der Waals surface area contributed by atoms with Crippen LogP contribution >= 0.6 is 0 Å². The molecule has 1 fully saturated rings. The first kappa shape index (κ1) is 22.0. The number of hydrogen-bond donors (Lipinski definition) is 2. The maximum absolute atomic E-state index is 12.9. The number of benzene rings is 1. The summed E-state index contributed by atoms with van der Waals surface area (Å²) in [6.07, 6.45) is -4.22. The summed E-state index contributed by atoms with van der Waals surface area (Å²) in [6, 6.07) is 8.11. The van der Waals surface area contributed by atoms with Gasteiger partial charge in [0.25, 0.3) is 0 Å². The summed E-state index contributed by atoms with van der Waals surface area (Å²) in [7, 11) is 0. The van der Waals surface area contributed by atoms with Crippen LogP contribution in [0.4, 0.5) is 13.2 Å². The Morgan fingerprint density at radius 2 is 1.79 bits per heavy atom. The van der Waals surface area contributed by atoms with Crippen molar-refractivity contribution in [1.82, 2.24) is 20.4 Å². The molecule has 9 heteroatoms. The van der Waals surface area contributed by atoms with Crippen molar-refractivity contribution in [2.24, 2.45) is 4.99 Å². The number of halogens is 3. The van der Waals surface area contributed by atoms with Crippen LogP contribution in [0.25, 0.3) is 0 Å². The van der Waals surface area contributed by atoms with Crippen molar-refractivity contribution in [3.63, 3.8) is 0 Å². The minimum atomic E-state index is -4.22. The molecule has 1 unspecified atom stereocenters. The largest absolute Gasteiger partial charge is 0.403 e. The molecule has 0 spiro atoms. The first-order valence-electron chi connectivity index (χ1n) is 9.46. The van der Waals surface area contributed by atoms with Gasteiger partial charge in [0.05, 0.1) is 0 Å². The van der Waals surface area contributed by atoms with Gasteiger partial charge in [-0.15, -0.1) is 0 Å². The van der Waals surface area contributed by atoms with Gasteiger partial charge in [0.1, 0.15) is 12.6 Å². The van der Waals surface area contributed by atoms with E-state index in [0.29, 0.717) is 45.2 Å². The van der Waals surface area contributed by atoms with Gasteiger partial charge < -0.3 is 15.5 Å². The highest BCUT2D eigenvalue weighted by molar-refractivity contribution is 5.85. The summed E-state index contributed by atoms with van der Waals surface area (Å²) < 4.78 is 38.6. The van der Waals surface area contributed by atoms with Gasteiger partial charge in [0.2, 0.25) is 5.91 Å². The Morgan fingerprint density at radius 3 is 2.36 bits per heavy atom. The molecule has 0 aliphatic carbocycles. The van der Waals surface area contributed by atoms with Crippen LogP contribution in [0.1, 0.15) is 19.4 Å². The number of hydrogen-bond acceptors (Lipinski definition) is 3. The molecule has 28 heavy (non-hydrogen) atoms. The van der Waals surface area contributed by atoms with E-state index < -0.39 is 12.2 Å². The first-order chi connectivity index (χ1) is 13.3. The quantitative estimate of drug-likeness (QED) is 0.566. The summed E-state index contributed by atoms with van der Waals surface area (Å²) >= 11 is 0. The van der Waals surface area contributed by atoms with Crippen molar-refractivity contribution in [1.29, 1.82) is 0 Å². The number of amides is 1. The van der Waals surface area contributed by atoms with E-state index in [9.17, 15) is 18.0 Å². The Bertz CT molecular complexity index is 643. The zero-order valence-corrected chi connectivity index (χ0v) is 16.3. The lowest BCUT2D eigenvalue weighted by Crippen LogP contribution is -2.56. The molecule has 0 aromatic heterocycles. The van der Waals surface area contributed by atoms with Crippen molar-refractivity contribution < 1.29 is 18.0 Å². The fourth-order valence-corrected chi connectivity index (χ4v) is 2.95. The summed E-state index contributed by atoms with van der Waals surface area (Å²) in [5, 5.41) is 5.92. The van der Waals surface area contributed by atoms with Crippen LogP contribution in [0, 0.1) is 0 Å². The predicted molar refractivity (Wildman–Crippen MR) is 103 cm³/mol. The fourth-order valence-electron chi connectivity index (χ4n) is 2.95. The minimum Gasteiger partial charge on any atom is -0.357 e. The maximum Gasteiger partial charge on any atom is 0.403 e. The van der Waals surface area contributed by atoms with E-state index in [4.69, 9.17) is 0 Å². The van der Waals surface area contributed by atoms with E-state index >= 15 is 0 Å². The Hall–Kier alpha value is -2.29. The topological polar surface area (TPSA) is 60.0 Å². The van der Waals surface area contributed by atoms with Crippen molar-refractivity contribution >= 4 is 11.9 Å². The lowest BCUT2D eigenvalue weighted by atomic mass is 10.2. The van der Waals surface area contributed by atoms with Crippen LogP contribution in [0.2, 0.25) is 0 Å². The van der Waals surface area contributed by atoms with Crippen LogP contribution in [0.15, 0.2) is 35.3 Å². The number of aliphatic imine (C=N–C) groups is 1. The summed E-state index contributed by atoms with van der Waals surface area (Å²) in [4.78, 5) is 19.7. The third-order valence-electron chi connectivity index (χ3n) is 4.68. The van der Waals surface area contributed by atoms with Crippen LogP contribution < -0.4 is 10.6 Å². The average molecular weight is 399 g/mol. The van der Waals surface area contributed by atoms with E-state index in [2.05, 4.69) is 15.6 Å². The highest BCUT2D eigenvalue weighted by Crippen LogP contribution is 2.25. The Kier molecular flexibility index (Phi) is 8.10. The normalized spacial score (nSPS) is 17.3. The van der Waals surface area contributed by atoms with Gasteiger partial charge in [0, 0.05) is 39.3 Å². The lowest BCUT2D eigenvalue weighted by molar-refractivity contribution is -0.181. The van der Waals surface area contributed by atoms with E-state index in [1.165, 1.54) is 11.8 Å². The van der Waals surface area contributed by atoms with Gasteiger partial charge in [-0.25, -0.2) is 4.99 Å². The molecule has 1 aliphatic heterocycles. The number of carbonyl (C=O) groups excluding carboxylic acids is 1. The summed E-state index contributed by atoms with van der Waals surface area (Å²) in [5.41, 5.74) is 1.00. The third-order valence-corrected chi connectivity index (χ3v) is 4.68.